The van der Waals surface area contributed by atoms with E-state index in [1.54, 1.807) is 0 Å². The predicted molar refractivity (Wildman–Crippen MR) is 95.8 cm³/mol. The molecule has 0 aliphatic carbocycles. The summed E-state index contributed by atoms with van der Waals surface area (Å²) in [6, 6.07) is 7.97. The molecule has 4 N–H and O–H groups in total. The number of benzene rings is 1. The number of para-hydroxylation sites is 1. The lowest BCUT2D eigenvalue weighted by Gasteiger charge is -2.27. The van der Waals surface area contributed by atoms with Crippen molar-refractivity contribution in [3.63, 3.8) is 0 Å². The third-order valence-corrected chi connectivity index (χ3v) is 4.49. The van der Waals surface area contributed by atoms with Gasteiger partial charge in [0.2, 0.25) is 11.8 Å². The van der Waals surface area contributed by atoms with Crippen LogP contribution in [0.4, 0.5) is 5.69 Å². The maximum atomic E-state index is 11.9. The first-order valence-corrected chi connectivity index (χ1v) is 8.54. The summed E-state index contributed by atoms with van der Waals surface area (Å²) in [4.78, 5) is 26.0. The van der Waals surface area contributed by atoms with E-state index >= 15 is 0 Å². The van der Waals surface area contributed by atoms with Gasteiger partial charge >= 0.3 is 0 Å². The molecular formula is C18H28N4O2. The lowest BCUT2D eigenvalue weighted by atomic mass is 10.1. The second kappa shape index (κ2) is 8.15. The molecule has 0 saturated heterocycles. The fourth-order valence-electron chi connectivity index (χ4n) is 2.84. The van der Waals surface area contributed by atoms with Gasteiger partial charge in [-0.3, -0.25) is 9.59 Å². The van der Waals surface area contributed by atoms with Crippen molar-refractivity contribution >= 4 is 17.5 Å². The summed E-state index contributed by atoms with van der Waals surface area (Å²) >= 11 is 0. The number of carbonyl (C=O) groups excluding carboxylic acids is 2. The van der Waals surface area contributed by atoms with Gasteiger partial charge in [0, 0.05) is 24.8 Å². The van der Waals surface area contributed by atoms with Crippen LogP contribution in [0.15, 0.2) is 24.3 Å². The molecule has 1 aliphatic heterocycles. The molecule has 0 bridgehead atoms. The second-order valence-electron chi connectivity index (χ2n) is 6.71. The Kier molecular flexibility index (Phi) is 6.20. The molecule has 1 aromatic carbocycles. The van der Waals surface area contributed by atoms with Crippen LogP contribution < -0.4 is 21.3 Å². The van der Waals surface area contributed by atoms with Crippen molar-refractivity contribution in [2.45, 2.75) is 39.3 Å². The summed E-state index contributed by atoms with van der Waals surface area (Å²) in [5.41, 5.74) is 8.34. The molecule has 0 saturated carbocycles. The molecule has 132 valence electrons. The predicted octanol–water partition coefficient (Wildman–Crippen LogP) is 0.653. The SMILES string of the molecule is CC(C)[C@H](N)C(=O)NCC(=O)NCC(C)N1CCc2ccccc21. The number of amides is 2. The number of nitrogens with two attached hydrogens (primary N) is 1. The van der Waals surface area contributed by atoms with E-state index in [0.29, 0.717) is 6.54 Å². The zero-order valence-electron chi connectivity index (χ0n) is 14.7. The highest BCUT2D eigenvalue weighted by Crippen LogP contribution is 2.28. The maximum absolute atomic E-state index is 11.9. The highest BCUT2D eigenvalue weighted by atomic mass is 16.2. The third-order valence-electron chi connectivity index (χ3n) is 4.49. The number of hydrogen-bond acceptors (Lipinski definition) is 4. The van der Waals surface area contributed by atoms with E-state index in [0.717, 1.165) is 13.0 Å². The Hall–Kier alpha value is -2.08. The van der Waals surface area contributed by atoms with Crippen molar-refractivity contribution in [3.05, 3.63) is 29.8 Å². The summed E-state index contributed by atoms with van der Waals surface area (Å²) in [6.45, 7) is 7.31. The minimum absolute atomic E-state index is 0.0391. The molecule has 2 atom stereocenters. The first-order chi connectivity index (χ1) is 11.4. The topological polar surface area (TPSA) is 87.5 Å². The fraction of sp³-hybridized carbons (Fsp3) is 0.556. The second-order valence-corrected chi connectivity index (χ2v) is 6.71. The standard InChI is InChI=1S/C18H28N4O2/c1-12(2)17(19)18(24)21-11-16(23)20-10-13(3)22-9-8-14-6-4-5-7-15(14)22/h4-7,12-13,17H,8-11,19H2,1-3H3,(H,20,23)(H,21,24)/t13?,17-/m0/s1. The van der Waals surface area contributed by atoms with E-state index in [1.807, 2.05) is 19.9 Å². The van der Waals surface area contributed by atoms with E-state index in [9.17, 15) is 9.59 Å². The van der Waals surface area contributed by atoms with Gasteiger partial charge in [-0.05, 0) is 30.9 Å². The normalized spacial score (nSPS) is 15.8. The Morgan fingerprint density at radius 1 is 1.21 bits per heavy atom. The number of rotatable bonds is 7. The molecule has 2 amide bonds. The average Bonchev–Trinajstić information content (AvgIpc) is 3.00. The first-order valence-electron chi connectivity index (χ1n) is 8.54. The number of fused-ring (bicyclic) bond motifs is 1. The van der Waals surface area contributed by atoms with Crippen LogP contribution in [0.2, 0.25) is 0 Å². The summed E-state index contributed by atoms with van der Waals surface area (Å²) in [7, 11) is 0. The number of anilines is 1. The third kappa shape index (κ3) is 4.47. The van der Waals surface area contributed by atoms with Gasteiger partial charge in [-0.15, -0.1) is 0 Å². The van der Waals surface area contributed by atoms with Crippen molar-refractivity contribution in [2.75, 3.05) is 24.5 Å². The van der Waals surface area contributed by atoms with Crippen molar-refractivity contribution in [1.82, 2.24) is 10.6 Å². The van der Waals surface area contributed by atoms with Crippen LogP contribution in [-0.4, -0.2) is 43.5 Å². The van der Waals surface area contributed by atoms with Gasteiger partial charge in [-0.1, -0.05) is 32.0 Å². The highest BCUT2D eigenvalue weighted by molar-refractivity contribution is 5.87. The number of hydrogen-bond donors (Lipinski definition) is 3. The van der Waals surface area contributed by atoms with Crippen LogP contribution in [0.25, 0.3) is 0 Å². The van der Waals surface area contributed by atoms with Crippen LogP contribution in [0, 0.1) is 5.92 Å². The highest BCUT2D eigenvalue weighted by Gasteiger charge is 2.23. The van der Waals surface area contributed by atoms with Gasteiger partial charge in [0.05, 0.1) is 12.6 Å². The molecule has 6 nitrogen and oxygen atoms in total. The molecule has 0 spiro atoms. The Morgan fingerprint density at radius 2 is 1.92 bits per heavy atom. The molecule has 6 heteroatoms. The molecule has 1 aliphatic rings. The van der Waals surface area contributed by atoms with Crippen molar-refractivity contribution < 1.29 is 9.59 Å². The fourth-order valence-corrected chi connectivity index (χ4v) is 2.84. The Bertz CT molecular complexity index is 588. The number of nitrogens with one attached hydrogen (secondary N) is 2. The van der Waals surface area contributed by atoms with E-state index in [1.165, 1.54) is 11.3 Å². The minimum atomic E-state index is -0.585. The monoisotopic (exact) mass is 332 g/mol. The Labute approximate surface area is 143 Å². The van der Waals surface area contributed by atoms with E-state index in [-0.39, 0.29) is 30.3 Å². The van der Waals surface area contributed by atoms with Crippen LogP contribution >= 0.6 is 0 Å². The van der Waals surface area contributed by atoms with Gasteiger partial charge in [0.25, 0.3) is 0 Å². The number of nitrogens with zero attached hydrogens (tertiary/aromatic N) is 1. The van der Waals surface area contributed by atoms with Crippen molar-refractivity contribution in [2.24, 2.45) is 11.7 Å². The summed E-state index contributed by atoms with van der Waals surface area (Å²) in [5, 5.41) is 5.46. The van der Waals surface area contributed by atoms with Gasteiger partial charge in [0.15, 0.2) is 0 Å². The van der Waals surface area contributed by atoms with Gasteiger partial charge in [-0.25, -0.2) is 0 Å². The number of carbonyl (C=O) groups is 2. The average molecular weight is 332 g/mol. The van der Waals surface area contributed by atoms with E-state index in [4.69, 9.17) is 5.73 Å². The Balaban J connectivity index is 1.75. The van der Waals surface area contributed by atoms with Gasteiger partial charge < -0.3 is 21.3 Å². The smallest absolute Gasteiger partial charge is 0.239 e. The van der Waals surface area contributed by atoms with Crippen LogP contribution in [-0.2, 0) is 16.0 Å². The largest absolute Gasteiger partial charge is 0.366 e. The molecular weight excluding hydrogens is 304 g/mol. The van der Waals surface area contributed by atoms with Crippen LogP contribution in [0.1, 0.15) is 26.3 Å². The molecule has 0 radical (unpaired) electrons. The Morgan fingerprint density at radius 3 is 2.62 bits per heavy atom. The molecule has 1 aromatic rings. The summed E-state index contributed by atoms with van der Waals surface area (Å²) in [5.74, 6) is -0.441. The van der Waals surface area contributed by atoms with E-state index in [2.05, 4.69) is 40.7 Å². The van der Waals surface area contributed by atoms with Crippen molar-refractivity contribution in [3.8, 4) is 0 Å². The quantitative estimate of drug-likeness (QED) is 0.684. The molecule has 2 rings (SSSR count). The molecule has 0 fully saturated rings. The first kappa shape index (κ1) is 18.3. The molecule has 1 heterocycles. The van der Waals surface area contributed by atoms with Crippen LogP contribution in [0.5, 0.6) is 0 Å². The zero-order valence-corrected chi connectivity index (χ0v) is 14.7. The van der Waals surface area contributed by atoms with Crippen LogP contribution in [0.3, 0.4) is 0 Å². The van der Waals surface area contributed by atoms with E-state index < -0.39 is 6.04 Å². The van der Waals surface area contributed by atoms with Crippen molar-refractivity contribution in [1.29, 1.82) is 0 Å². The summed E-state index contributed by atoms with van der Waals surface area (Å²) < 4.78 is 0. The zero-order chi connectivity index (χ0) is 17.7. The molecule has 1 unspecified atom stereocenters. The minimum Gasteiger partial charge on any atom is -0.366 e. The lowest BCUT2D eigenvalue weighted by molar-refractivity contribution is -0.127. The lowest BCUT2D eigenvalue weighted by Crippen LogP contribution is -2.48. The van der Waals surface area contributed by atoms with Gasteiger partial charge in [0.1, 0.15) is 0 Å². The molecule has 24 heavy (non-hydrogen) atoms. The van der Waals surface area contributed by atoms with Gasteiger partial charge in [-0.2, -0.15) is 0 Å². The summed E-state index contributed by atoms with van der Waals surface area (Å²) in [6.07, 6.45) is 1.04. The maximum Gasteiger partial charge on any atom is 0.239 e. The molecule has 0 aromatic heterocycles.